The van der Waals surface area contributed by atoms with Crippen molar-refractivity contribution in [1.82, 2.24) is 4.98 Å². The van der Waals surface area contributed by atoms with Gasteiger partial charge in [-0.05, 0) is 66.3 Å². The molecule has 1 unspecified atom stereocenters. The smallest absolute Gasteiger partial charge is 0.130 e. The summed E-state index contributed by atoms with van der Waals surface area (Å²) < 4.78 is 11.6. The van der Waals surface area contributed by atoms with Crippen molar-refractivity contribution in [2.75, 3.05) is 6.61 Å². The summed E-state index contributed by atoms with van der Waals surface area (Å²) in [6.07, 6.45) is 9.82. The van der Waals surface area contributed by atoms with E-state index < -0.39 is 0 Å². The van der Waals surface area contributed by atoms with Crippen LogP contribution in [0.1, 0.15) is 49.8 Å². The molecule has 0 amide bonds. The molecule has 1 aliphatic heterocycles. The van der Waals surface area contributed by atoms with Crippen LogP contribution in [0.2, 0.25) is 0 Å². The lowest BCUT2D eigenvalue weighted by atomic mass is 9.94. The van der Waals surface area contributed by atoms with Crippen molar-refractivity contribution in [3.8, 4) is 0 Å². The van der Waals surface area contributed by atoms with Crippen LogP contribution in [0, 0.1) is 0 Å². The van der Waals surface area contributed by atoms with Crippen molar-refractivity contribution in [3.05, 3.63) is 77.5 Å². The summed E-state index contributed by atoms with van der Waals surface area (Å²) in [5.74, 6) is 1.28. The van der Waals surface area contributed by atoms with Gasteiger partial charge in [-0.1, -0.05) is 32.1 Å². The number of hydrogen-bond donors (Lipinski definition) is 1. The van der Waals surface area contributed by atoms with Crippen LogP contribution < -0.4 is 0 Å². The molecule has 0 saturated carbocycles. The van der Waals surface area contributed by atoms with E-state index in [4.69, 9.17) is 9.15 Å². The van der Waals surface area contributed by atoms with Crippen LogP contribution in [0.25, 0.3) is 11.6 Å². The Morgan fingerprint density at radius 3 is 2.89 bits per heavy atom. The number of hydrogen-bond acceptors (Lipinski definition) is 4. The summed E-state index contributed by atoms with van der Waals surface area (Å²) in [6, 6.07) is 9.56. The lowest BCUT2D eigenvalue weighted by Crippen LogP contribution is -2.12. The Labute approximate surface area is 160 Å². The van der Waals surface area contributed by atoms with Gasteiger partial charge in [-0.15, -0.1) is 0 Å². The maximum atomic E-state index is 9.22. The number of aromatic nitrogens is 1. The molecule has 0 aromatic carbocycles. The molecular formula is C23H27NO3. The van der Waals surface area contributed by atoms with Crippen LogP contribution >= 0.6 is 0 Å². The number of aliphatic hydroxyl groups excluding tert-OH is 1. The van der Waals surface area contributed by atoms with E-state index in [1.807, 2.05) is 30.3 Å². The van der Waals surface area contributed by atoms with Crippen molar-refractivity contribution in [1.29, 1.82) is 0 Å². The summed E-state index contributed by atoms with van der Waals surface area (Å²) in [5, 5.41) is 9.22. The number of furan rings is 1. The molecule has 142 valence electrons. The third-order valence-corrected chi connectivity index (χ3v) is 4.73. The summed E-state index contributed by atoms with van der Waals surface area (Å²) in [7, 11) is 0. The topological polar surface area (TPSA) is 55.5 Å². The Hall–Kier alpha value is -2.43. The first-order valence-electron chi connectivity index (χ1n) is 9.52. The fourth-order valence-corrected chi connectivity index (χ4v) is 3.37. The Morgan fingerprint density at radius 2 is 2.19 bits per heavy atom. The number of allylic oxidation sites excluding steroid dienone is 1. The van der Waals surface area contributed by atoms with E-state index in [0.29, 0.717) is 12.4 Å². The van der Waals surface area contributed by atoms with E-state index in [9.17, 15) is 5.11 Å². The molecule has 0 fully saturated rings. The van der Waals surface area contributed by atoms with Gasteiger partial charge >= 0.3 is 0 Å². The summed E-state index contributed by atoms with van der Waals surface area (Å²) in [6.45, 7) is 6.95. The zero-order chi connectivity index (χ0) is 19.1. The third-order valence-electron chi connectivity index (χ3n) is 4.73. The van der Waals surface area contributed by atoms with Gasteiger partial charge in [0.05, 0.1) is 18.4 Å². The number of aliphatic hydroxyl groups is 1. The monoisotopic (exact) mass is 365 g/mol. The van der Waals surface area contributed by atoms with E-state index >= 15 is 0 Å². The Bertz CT molecular complexity index is 817. The molecule has 4 nitrogen and oxygen atoms in total. The van der Waals surface area contributed by atoms with Crippen molar-refractivity contribution in [3.63, 3.8) is 0 Å². The highest BCUT2D eigenvalue weighted by Gasteiger charge is 2.22. The zero-order valence-electron chi connectivity index (χ0n) is 15.9. The molecule has 4 heteroatoms. The summed E-state index contributed by atoms with van der Waals surface area (Å²) in [4.78, 5) is 4.50. The van der Waals surface area contributed by atoms with Gasteiger partial charge in [0.2, 0.25) is 0 Å². The largest absolute Gasteiger partial charge is 0.459 e. The highest BCUT2D eigenvalue weighted by molar-refractivity contribution is 5.78. The second kappa shape index (κ2) is 9.49. The van der Waals surface area contributed by atoms with E-state index in [1.165, 1.54) is 11.1 Å². The van der Waals surface area contributed by atoms with Gasteiger partial charge in [-0.2, -0.15) is 0 Å². The van der Waals surface area contributed by atoms with Crippen LogP contribution in [0.15, 0.2) is 64.7 Å². The van der Waals surface area contributed by atoms with Gasteiger partial charge in [-0.25, -0.2) is 0 Å². The highest BCUT2D eigenvalue weighted by atomic mass is 16.5. The standard InChI is InChI=1S/C23H27NO3/c1-3-6-17(2)21-12-14-26-23(21)11-8-18(22-7-4-5-13-24-22)15-19-9-10-20(16-25)27-19/h4-5,7,9-10,12-13,15,23,25H,2-3,6,8,11,14,16H2,1H3/b18-15-. The molecular weight excluding hydrogens is 338 g/mol. The van der Waals surface area contributed by atoms with Crippen LogP contribution in [0.5, 0.6) is 0 Å². The van der Waals surface area contributed by atoms with Crippen molar-refractivity contribution in [2.24, 2.45) is 0 Å². The molecule has 3 rings (SSSR count). The van der Waals surface area contributed by atoms with Gasteiger partial charge in [0, 0.05) is 6.20 Å². The van der Waals surface area contributed by atoms with Gasteiger partial charge in [0.1, 0.15) is 18.1 Å². The number of rotatable bonds is 9. The number of nitrogens with zero attached hydrogens (tertiary/aromatic N) is 1. The second-order valence-corrected chi connectivity index (χ2v) is 6.72. The minimum atomic E-state index is -0.101. The molecule has 2 aromatic rings. The van der Waals surface area contributed by atoms with Crippen LogP contribution in [-0.4, -0.2) is 22.8 Å². The molecule has 0 aliphatic carbocycles. The molecule has 0 radical (unpaired) electrons. The van der Waals surface area contributed by atoms with E-state index in [-0.39, 0.29) is 12.7 Å². The second-order valence-electron chi connectivity index (χ2n) is 6.72. The molecule has 1 atom stereocenters. The molecule has 0 spiro atoms. The first-order chi connectivity index (χ1) is 13.2. The van der Waals surface area contributed by atoms with Gasteiger partial charge < -0.3 is 14.3 Å². The minimum Gasteiger partial charge on any atom is -0.459 e. The fourth-order valence-electron chi connectivity index (χ4n) is 3.37. The van der Waals surface area contributed by atoms with Crippen LogP contribution in [0.3, 0.4) is 0 Å². The Morgan fingerprint density at radius 1 is 1.30 bits per heavy atom. The van der Waals surface area contributed by atoms with Crippen molar-refractivity contribution in [2.45, 2.75) is 45.3 Å². The lowest BCUT2D eigenvalue weighted by molar-refractivity contribution is 0.117. The molecule has 27 heavy (non-hydrogen) atoms. The van der Waals surface area contributed by atoms with Crippen molar-refractivity contribution >= 4 is 11.6 Å². The van der Waals surface area contributed by atoms with Gasteiger partial charge in [-0.3, -0.25) is 4.98 Å². The number of ether oxygens (including phenoxy) is 1. The summed E-state index contributed by atoms with van der Waals surface area (Å²) in [5.41, 5.74) is 4.44. The van der Waals surface area contributed by atoms with E-state index in [1.54, 1.807) is 12.3 Å². The first kappa shape index (κ1) is 19.3. The maximum Gasteiger partial charge on any atom is 0.130 e. The predicted molar refractivity (Wildman–Crippen MR) is 108 cm³/mol. The molecule has 0 saturated heterocycles. The van der Waals surface area contributed by atoms with Crippen molar-refractivity contribution < 1.29 is 14.3 Å². The SMILES string of the molecule is C=C(CCC)C1=CCOC1CC/C(=C/c1ccc(CO)o1)c1ccccn1. The van der Waals surface area contributed by atoms with Gasteiger partial charge in [0.25, 0.3) is 0 Å². The normalized spacial score (nSPS) is 17.2. The van der Waals surface area contributed by atoms with Crippen LogP contribution in [0.4, 0.5) is 0 Å². The average molecular weight is 365 g/mol. The molecule has 0 bridgehead atoms. The minimum absolute atomic E-state index is 0.0840. The maximum absolute atomic E-state index is 9.22. The van der Waals surface area contributed by atoms with E-state index in [2.05, 4.69) is 24.6 Å². The Balaban J connectivity index is 1.76. The third kappa shape index (κ3) is 5.06. The average Bonchev–Trinajstić information content (AvgIpc) is 3.35. The quantitative estimate of drug-likeness (QED) is 0.666. The highest BCUT2D eigenvalue weighted by Crippen LogP contribution is 2.31. The molecule has 3 heterocycles. The van der Waals surface area contributed by atoms with E-state index in [0.717, 1.165) is 42.7 Å². The molecule has 1 aliphatic rings. The summed E-state index contributed by atoms with van der Waals surface area (Å²) >= 11 is 0. The Kier molecular flexibility index (Phi) is 6.80. The molecule has 1 N–H and O–H groups in total. The first-order valence-corrected chi connectivity index (χ1v) is 9.52. The zero-order valence-corrected chi connectivity index (χ0v) is 15.9. The number of pyridine rings is 1. The molecule has 2 aromatic heterocycles. The predicted octanol–water partition coefficient (Wildman–Crippen LogP) is 5.17. The fraction of sp³-hybridized carbons (Fsp3) is 0.348. The van der Waals surface area contributed by atoms with Gasteiger partial charge in [0.15, 0.2) is 0 Å². The lowest BCUT2D eigenvalue weighted by Gasteiger charge is -2.17. The van der Waals surface area contributed by atoms with Crippen LogP contribution in [-0.2, 0) is 11.3 Å².